The molecule has 0 fully saturated rings. The third kappa shape index (κ3) is 3.65. The first-order valence-corrected chi connectivity index (χ1v) is 7.30. The molecule has 0 aliphatic carbocycles. The van der Waals surface area contributed by atoms with Gasteiger partial charge in [-0.2, -0.15) is 0 Å². The summed E-state index contributed by atoms with van der Waals surface area (Å²) in [7, 11) is 0. The van der Waals surface area contributed by atoms with Crippen molar-refractivity contribution in [2.75, 3.05) is 25.4 Å². The van der Waals surface area contributed by atoms with Crippen LogP contribution in [0, 0.1) is 11.8 Å². The highest BCUT2D eigenvalue weighted by molar-refractivity contribution is 5.89. The lowest BCUT2D eigenvalue weighted by atomic mass is 10.1. The van der Waals surface area contributed by atoms with Crippen molar-refractivity contribution in [3.63, 3.8) is 0 Å². The number of fused-ring (bicyclic) bond motifs is 1. The van der Waals surface area contributed by atoms with Crippen LogP contribution in [0.3, 0.4) is 0 Å². The van der Waals surface area contributed by atoms with Crippen LogP contribution in [-0.4, -0.2) is 30.4 Å². The average molecular weight is 275 g/mol. The third-order valence-electron chi connectivity index (χ3n) is 3.13. The molecule has 2 rings (SSSR count). The SMILES string of the molecule is CC(C)CN(CC(C)C)C1=Nc2ccc(N)cc2OC1. The van der Waals surface area contributed by atoms with Crippen molar-refractivity contribution in [2.45, 2.75) is 27.7 Å². The number of nitrogens with zero attached hydrogens (tertiary/aromatic N) is 2. The van der Waals surface area contributed by atoms with E-state index in [4.69, 9.17) is 15.5 Å². The van der Waals surface area contributed by atoms with Gasteiger partial charge in [-0.25, -0.2) is 4.99 Å². The largest absolute Gasteiger partial charge is 0.483 e. The Morgan fingerprint density at radius 1 is 1.20 bits per heavy atom. The van der Waals surface area contributed by atoms with Gasteiger partial charge in [-0.3, -0.25) is 0 Å². The maximum atomic E-state index is 5.81. The maximum absolute atomic E-state index is 5.81. The normalized spacial score (nSPS) is 14.0. The van der Waals surface area contributed by atoms with Crippen molar-refractivity contribution in [1.82, 2.24) is 4.90 Å². The standard InChI is InChI=1S/C16H25N3O/c1-11(2)8-19(9-12(3)4)16-10-20-15-7-13(17)5-6-14(15)18-16/h5-7,11-12H,8-10,17H2,1-4H3. The topological polar surface area (TPSA) is 50.8 Å². The molecule has 4 nitrogen and oxygen atoms in total. The summed E-state index contributed by atoms with van der Waals surface area (Å²) >= 11 is 0. The molecule has 0 atom stereocenters. The zero-order chi connectivity index (χ0) is 14.7. The van der Waals surface area contributed by atoms with Crippen molar-refractivity contribution in [2.24, 2.45) is 16.8 Å². The van der Waals surface area contributed by atoms with Crippen molar-refractivity contribution < 1.29 is 4.74 Å². The quantitative estimate of drug-likeness (QED) is 0.858. The predicted molar refractivity (Wildman–Crippen MR) is 84.7 cm³/mol. The van der Waals surface area contributed by atoms with Crippen LogP contribution in [0.25, 0.3) is 0 Å². The van der Waals surface area contributed by atoms with E-state index in [-0.39, 0.29) is 0 Å². The maximum Gasteiger partial charge on any atom is 0.147 e. The average Bonchev–Trinajstić information content (AvgIpc) is 2.36. The van der Waals surface area contributed by atoms with Crippen LogP contribution < -0.4 is 10.5 Å². The summed E-state index contributed by atoms with van der Waals surface area (Å²) in [6, 6.07) is 5.63. The Kier molecular flexibility index (Phi) is 4.53. The van der Waals surface area contributed by atoms with Gasteiger partial charge in [0.05, 0.1) is 0 Å². The first-order chi connectivity index (χ1) is 9.45. The molecule has 1 aliphatic heterocycles. The van der Waals surface area contributed by atoms with Gasteiger partial charge in [0.25, 0.3) is 0 Å². The molecule has 0 aromatic heterocycles. The second kappa shape index (κ2) is 6.16. The van der Waals surface area contributed by atoms with Crippen LogP contribution in [-0.2, 0) is 0 Å². The number of hydrogen-bond donors (Lipinski definition) is 1. The van der Waals surface area contributed by atoms with E-state index < -0.39 is 0 Å². The highest BCUT2D eigenvalue weighted by Crippen LogP contribution is 2.32. The number of nitrogens with two attached hydrogens (primary N) is 1. The molecule has 0 spiro atoms. The van der Waals surface area contributed by atoms with Crippen LogP contribution in [0.1, 0.15) is 27.7 Å². The van der Waals surface area contributed by atoms with Gasteiger partial charge >= 0.3 is 0 Å². The number of ether oxygens (including phenoxy) is 1. The molecular formula is C16H25N3O. The Labute approximate surface area is 121 Å². The zero-order valence-electron chi connectivity index (χ0n) is 12.9. The first kappa shape index (κ1) is 14.7. The summed E-state index contributed by atoms with van der Waals surface area (Å²) in [5, 5.41) is 0. The third-order valence-corrected chi connectivity index (χ3v) is 3.13. The van der Waals surface area contributed by atoms with Crippen molar-refractivity contribution >= 4 is 17.2 Å². The summed E-state index contributed by atoms with van der Waals surface area (Å²) < 4.78 is 5.81. The van der Waals surface area contributed by atoms with Crippen LogP contribution >= 0.6 is 0 Å². The Morgan fingerprint density at radius 2 is 1.85 bits per heavy atom. The number of anilines is 1. The molecule has 0 radical (unpaired) electrons. The Hall–Kier alpha value is -1.71. The molecule has 1 aromatic carbocycles. The number of benzene rings is 1. The van der Waals surface area contributed by atoms with Gasteiger partial charge in [0.1, 0.15) is 23.9 Å². The summed E-state index contributed by atoms with van der Waals surface area (Å²) in [5.74, 6) is 3.00. The van der Waals surface area contributed by atoms with E-state index in [0.717, 1.165) is 30.4 Å². The second-order valence-corrected chi connectivity index (χ2v) is 6.24. The van der Waals surface area contributed by atoms with E-state index in [1.165, 1.54) is 0 Å². The van der Waals surface area contributed by atoms with E-state index in [9.17, 15) is 0 Å². The number of aliphatic imine (C=N–C) groups is 1. The van der Waals surface area contributed by atoms with Gasteiger partial charge in [-0.15, -0.1) is 0 Å². The number of rotatable bonds is 4. The number of hydrogen-bond acceptors (Lipinski definition) is 4. The van der Waals surface area contributed by atoms with Crippen LogP contribution in [0.2, 0.25) is 0 Å². The Bertz CT molecular complexity index is 484. The van der Waals surface area contributed by atoms with E-state index >= 15 is 0 Å². The second-order valence-electron chi connectivity index (χ2n) is 6.24. The van der Waals surface area contributed by atoms with Crippen molar-refractivity contribution in [3.8, 4) is 5.75 Å². The Morgan fingerprint density at radius 3 is 2.45 bits per heavy atom. The lowest BCUT2D eigenvalue weighted by Crippen LogP contribution is -2.40. The fraction of sp³-hybridized carbons (Fsp3) is 0.562. The molecule has 1 aromatic rings. The van der Waals surface area contributed by atoms with Crippen molar-refractivity contribution in [3.05, 3.63) is 18.2 Å². The van der Waals surface area contributed by atoms with Gasteiger partial charge in [0.2, 0.25) is 0 Å². The van der Waals surface area contributed by atoms with Crippen LogP contribution in [0.15, 0.2) is 23.2 Å². The minimum atomic E-state index is 0.524. The molecule has 0 saturated heterocycles. The summed E-state index contributed by atoms with van der Waals surface area (Å²) in [4.78, 5) is 7.10. The molecule has 0 saturated carbocycles. The van der Waals surface area contributed by atoms with Gasteiger partial charge in [-0.1, -0.05) is 27.7 Å². The van der Waals surface area contributed by atoms with Gasteiger partial charge in [-0.05, 0) is 24.0 Å². The molecule has 0 amide bonds. The lowest BCUT2D eigenvalue weighted by Gasteiger charge is -2.31. The molecular weight excluding hydrogens is 250 g/mol. The molecule has 0 bridgehead atoms. The number of amidine groups is 1. The molecule has 1 aliphatic rings. The molecule has 2 N–H and O–H groups in total. The highest BCUT2D eigenvalue weighted by Gasteiger charge is 2.20. The van der Waals surface area contributed by atoms with Crippen LogP contribution in [0.4, 0.5) is 11.4 Å². The lowest BCUT2D eigenvalue weighted by molar-refractivity contribution is 0.290. The minimum Gasteiger partial charge on any atom is -0.483 e. The van der Waals surface area contributed by atoms with Gasteiger partial charge < -0.3 is 15.4 Å². The van der Waals surface area contributed by atoms with Gasteiger partial charge in [0, 0.05) is 24.8 Å². The molecule has 4 heteroatoms. The smallest absolute Gasteiger partial charge is 0.147 e. The molecule has 0 unspecified atom stereocenters. The summed E-state index contributed by atoms with van der Waals surface area (Å²) in [6.07, 6.45) is 0. The minimum absolute atomic E-state index is 0.524. The fourth-order valence-electron chi connectivity index (χ4n) is 2.38. The monoisotopic (exact) mass is 275 g/mol. The van der Waals surface area contributed by atoms with Crippen molar-refractivity contribution in [1.29, 1.82) is 0 Å². The Balaban J connectivity index is 2.23. The van der Waals surface area contributed by atoms with E-state index in [1.807, 2.05) is 18.2 Å². The number of nitrogen functional groups attached to an aromatic ring is 1. The van der Waals surface area contributed by atoms with E-state index in [0.29, 0.717) is 24.1 Å². The molecule has 1 heterocycles. The summed E-state index contributed by atoms with van der Waals surface area (Å²) in [6.45, 7) is 11.4. The highest BCUT2D eigenvalue weighted by atomic mass is 16.5. The molecule has 110 valence electrons. The first-order valence-electron chi connectivity index (χ1n) is 7.30. The summed E-state index contributed by atoms with van der Waals surface area (Å²) in [5.41, 5.74) is 7.35. The zero-order valence-corrected chi connectivity index (χ0v) is 12.9. The molecule has 20 heavy (non-hydrogen) atoms. The fourth-order valence-corrected chi connectivity index (χ4v) is 2.38. The van der Waals surface area contributed by atoms with E-state index in [1.54, 1.807) is 0 Å². The van der Waals surface area contributed by atoms with Gasteiger partial charge in [0.15, 0.2) is 0 Å². The predicted octanol–water partition coefficient (Wildman–Crippen LogP) is 3.31. The van der Waals surface area contributed by atoms with Crippen LogP contribution in [0.5, 0.6) is 5.75 Å². The van der Waals surface area contributed by atoms with E-state index in [2.05, 4.69) is 32.6 Å².